The van der Waals surface area contributed by atoms with E-state index >= 15 is 0 Å². The van der Waals surface area contributed by atoms with E-state index in [1.807, 2.05) is 11.7 Å². The molecule has 3 rings (SSSR count). The molecule has 0 saturated heterocycles. The van der Waals surface area contributed by atoms with Crippen LogP contribution in [0, 0.1) is 5.41 Å². The van der Waals surface area contributed by atoms with E-state index in [1.165, 1.54) is 25.0 Å². The number of nitrogens with one attached hydrogen (secondary N) is 1. The molecule has 1 heterocycles. The number of alkyl halides is 3. The van der Waals surface area contributed by atoms with Gasteiger partial charge in [-0.05, 0) is 31.6 Å². The fraction of sp³-hybridized carbons (Fsp3) is 0.800. The summed E-state index contributed by atoms with van der Waals surface area (Å²) in [7, 11) is 1.89. The third-order valence-corrected chi connectivity index (χ3v) is 6.26. The molecule has 27 heavy (non-hydrogen) atoms. The van der Waals surface area contributed by atoms with Crippen molar-refractivity contribution in [2.45, 2.75) is 89.6 Å². The second kappa shape index (κ2) is 7.47. The van der Waals surface area contributed by atoms with Gasteiger partial charge in [-0.25, -0.2) is 0 Å². The van der Waals surface area contributed by atoms with Gasteiger partial charge in [0.15, 0.2) is 5.82 Å². The Morgan fingerprint density at radius 2 is 1.67 bits per heavy atom. The number of halogens is 3. The summed E-state index contributed by atoms with van der Waals surface area (Å²) in [5.74, 6) is 0.655. The van der Waals surface area contributed by atoms with Crippen molar-refractivity contribution < 1.29 is 18.0 Å². The van der Waals surface area contributed by atoms with E-state index in [0.717, 1.165) is 51.5 Å². The van der Waals surface area contributed by atoms with Gasteiger partial charge in [0.2, 0.25) is 5.91 Å². The lowest BCUT2D eigenvalue weighted by molar-refractivity contribution is -0.213. The molecule has 7 heteroatoms. The number of aryl methyl sites for hydroxylation is 1. The number of carbonyl (C=O) groups excluding carboxylic acids is 1. The molecule has 0 spiro atoms. The molecule has 1 aromatic rings. The smallest absolute Gasteiger partial charge is 0.309 e. The van der Waals surface area contributed by atoms with Crippen LogP contribution in [0.15, 0.2) is 0 Å². The highest BCUT2D eigenvalue weighted by Gasteiger charge is 2.48. The highest BCUT2D eigenvalue weighted by molar-refractivity contribution is 5.91. The number of carbonyl (C=O) groups is 1. The Labute approximate surface area is 158 Å². The highest BCUT2D eigenvalue weighted by Crippen LogP contribution is 2.46. The van der Waals surface area contributed by atoms with E-state index in [1.54, 1.807) is 0 Å². The average molecular weight is 385 g/mol. The molecule has 0 unspecified atom stereocenters. The number of rotatable bonds is 5. The second-order valence-electron chi connectivity index (χ2n) is 8.84. The van der Waals surface area contributed by atoms with Gasteiger partial charge >= 0.3 is 6.18 Å². The molecule has 1 N–H and O–H groups in total. The molecule has 2 fully saturated rings. The van der Waals surface area contributed by atoms with Crippen molar-refractivity contribution in [2.75, 3.05) is 5.32 Å². The van der Waals surface area contributed by atoms with E-state index < -0.39 is 23.9 Å². The summed E-state index contributed by atoms with van der Waals surface area (Å²) in [5.41, 5.74) is 0.202. The Hall–Kier alpha value is -1.53. The molecule has 4 nitrogen and oxygen atoms in total. The van der Waals surface area contributed by atoms with Crippen LogP contribution in [-0.2, 0) is 11.8 Å². The fourth-order valence-electron chi connectivity index (χ4n) is 4.28. The SMILES string of the molecule is Cn1nc(NC(=O)CC(C)(C)C(F)(F)F)c(C2CCC2)c1C1CCCCC1. The molecule has 152 valence electrons. The van der Waals surface area contributed by atoms with Gasteiger partial charge in [-0.1, -0.05) is 39.5 Å². The standard InChI is InChI=1S/C20H30F3N3O/c1-19(2,20(21,22)23)12-15(27)24-18-16(13-10-7-11-13)17(26(3)25-18)14-8-5-4-6-9-14/h13-14H,4-12H2,1-3H3,(H,24,25,27). The van der Waals surface area contributed by atoms with Crippen molar-refractivity contribution in [3.8, 4) is 0 Å². The first-order valence-electron chi connectivity index (χ1n) is 10.0. The van der Waals surface area contributed by atoms with Crippen LogP contribution >= 0.6 is 0 Å². The Morgan fingerprint density at radius 1 is 1.07 bits per heavy atom. The first-order chi connectivity index (χ1) is 12.6. The summed E-state index contributed by atoms with van der Waals surface area (Å²) in [6.45, 7) is 2.12. The maximum absolute atomic E-state index is 13.1. The number of amides is 1. The summed E-state index contributed by atoms with van der Waals surface area (Å²) in [4.78, 5) is 12.4. The van der Waals surface area contributed by atoms with Crippen LogP contribution < -0.4 is 5.32 Å². The summed E-state index contributed by atoms with van der Waals surface area (Å²) in [6, 6.07) is 0. The molecular formula is C20H30F3N3O. The zero-order valence-corrected chi connectivity index (χ0v) is 16.5. The van der Waals surface area contributed by atoms with Crippen LogP contribution in [0.4, 0.5) is 19.0 Å². The second-order valence-corrected chi connectivity index (χ2v) is 8.84. The van der Waals surface area contributed by atoms with E-state index in [4.69, 9.17) is 0 Å². The lowest BCUT2D eigenvalue weighted by Crippen LogP contribution is -2.36. The molecular weight excluding hydrogens is 355 g/mol. The number of nitrogens with zero attached hydrogens (tertiary/aromatic N) is 2. The predicted molar refractivity (Wildman–Crippen MR) is 98.7 cm³/mol. The Balaban J connectivity index is 1.84. The number of anilines is 1. The fourth-order valence-corrected chi connectivity index (χ4v) is 4.28. The van der Waals surface area contributed by atoms with Gasteiger partial charge in [0.25, 0.3) is 0 Å². The molecule has 1 aromatic heterocycles. The van der Waals surface area contributed by atoms with Crippen LogP contribution in [0.3, 0.4) is 0 Å². The lowest BCUT2D eigenvalue weighted by Gasteiger charge is -2.30. The van der Waals surface area contributed by atoms with Crippen molar-refractivity contribution in [2.24, 2.45) is 12.5 Å². The van der Waals surface area contributed by atoms with Gasteiger partial charge in [-0.3, -0.25) is 9.48 Å². The Morgan fingerprint density at radius 3 is 2.19 bits per heavy atom. The highest BCUT2D eigenvalue weighted by atomic mass is 19.4. The number of hydrogen-bond acceptors (Lipinski definition) is 2. The van der Waals surface area contributed by atoms with Gasteiger partial charge in [0.05, 0.1) is 5.41 Å². The summed E-state index contributed by atoms with van der Waals surface area (Å²) < 4.78 is 41.2. The molecule has 2 aliphatic carbocycles. The van der Waals surface area contributed by atoms with Gasteiger partial charge < -0.3 is 5.32 Å². The zero-order valence-electron chi connectivity index (χ0n) is 16.5. The molecule has 1 amide bonds. The van der Waals surface area contributed by atoms with Crippen LogP contribution in [0.1, 0.15) is 94.7 Å². The van der Waals surface area contributed by atoms with Gasteiger partial charge in [0, 0.05) is 30.6 Å². The largest absolute Gasteiger partial charge is 0.394 e. The molecule has 0 aliphatic heterocycles. The molecule has 0 atom stereocenters. The average Bonchev–Trinajstić information content (AvgIpc) is 2.80. The molecule has 0 bridgehead atoms. The van der Waals surface area contributed by atoms with Crippen molar-refractivity contribution in [3.63, 3.8) is 0 Å². The topological polar surface area (TPSA) is 46.9 Å². The van der Waals surface area contributed by atoms with Crippen molar-refractivity contribution in [1.82, 2.24) is 9.78 Å². The first-order valence-corrected chi connectivity index (χ1v) is 10.0. The molecule has 0 radical (unpaired) electrons. The number of aromatic nitrogens is 2. The van der Waals surface area contributed by atoms with Crippen molar-refractivity contribution >= 4 is 11.7 Å². The lowest BCUT2D eigenvalue weighted by atomic mass is 9.76. The van der Waals surface area contributed by atoms with Gasteiger partial charge in [-0.2, -0.15) is 18.3 Å². The van der Waals surface area contributed by atoms with Crippen molar-refractivity contribution in [1.29, 1.82) is 0 Å². The maximum atomic E-state index is 13.1. The molecule has 2 aliphatic rings. The van der Waals surface area contributed by atoms with E-state index in [-0.39, 0.29) is 0 Å². The number of hydrogen-bond donors (Lipinski definition) is 1. The van der Waals surface area contributed by atoms with Crippen LogP contribution in [-0.4, -0.2) is 21.9 Å². The minimum atomic E-state index is -4.42. The third-order valence-electron chi connectivity index (χ3n) is 6.26. The summed E-state index contributed by atoms with van der Waals surface area (Å²) in [6.07, 6.45) is 4.13. The zero-order chi connectivity index (χ0) is 19.8. The monoisotopic (exact) mass is 385 g/mol. The van der Waals surface area contributed by atoms with Crippen molar-refractivity contribution in [3.05, 3.63) is 11.3 Å². The van der Waals surface area contributed by atoms with E-state index in [0.29, 0.717) is 17.7 Å². The van der Waals surface area contributed by atoms with Gasteiger partial charge in [-0.15, -0.1) is 0 Å². The summed E-state index contributed by atoms with van der Waals surface area (Å²) >= 11 is 0. The molecule has 0 aromatic carbocycles. The van der Waals surface area contributed by atoms with Crippen LogP contribution in [0.2, 0.25) is 0 Å². The van der Waals surface area contributed by atoms with E-state index in [2.05, 4.69) is 10.4 Å². The van der Waals surface area contributed by atoms with E-state index in [9.17, 15) is 18.0 Å². The van der Waals surface area contributed by atoms with Crippen LogP contribution in [0.5, 0.6) is 0 Å². The minimum Gasteiger partial charge on any atom is -0.309 e. The first kappa shape index (κ1) is 20.2. The Kier molecular flexibility index (Phi) is 5.59. The maximum Gasteiger partial charge on any atom is 0.394 e. The predicted octanol–water partition coefficient (Wildman–Crippen LogP) is 5.65. The summed E-state index contributed by atoms with van der Waals surface area (Å²) in [5, 5.41) is 7.24. The minimum absolute atomic E-state index is 0.363. The normalized spacial score (nSPS) is 19.8. The quantitative estimate of drug-likeness (QED) is 0.712. The Bertz CT molecular complexity index is 683. The molecule has 2 saturated carbocycles. The van der Waals surface area contributed by atoms with Crippen LogP contribution in [0.25, 0.3) is 0 Å². The van der Waals surface area contributed by atoms with Gasteiger partial charge in [0.1, 0.15) is 0 Å². The third kappa shape index (κ3) is 4.16.